The fourth-order valence-electron chi connectivity index (χ4n) is 2.56. The van der Waals surface area contributed by atoms with Gasteiger partial charge in [0.1, 0.15) is 0 Å². The zero-order valence-corrected chi connectivity index (χ0v) is 13.8. The van der Waals surface area contributed by atoms with Crippen LogP contribution >= 0.6 is 0 Å². The Balaban J connectivity index is 1.72. The quantitative estimate of drug-likeness (QED) is 0.759. The number of aryl methyl sites for hydroxylation is 3. The predicted octanol–water partition coefficient (Wildman–Crippen LogP) is 3.99. The van der Waals surface area contributed by atoms with Crippen LogP contribution in [0.5, 0.6) is 0 Å². The molecule has 6 heteroatoms. The van der Waals surface area contributed by atoms with Crippen molar-refractivity contribution in [3.63, 3.8) is 0 Å². The molecule has 2 heterocycles. The summed E-state index contributed by atoms with van der Waals surface area (Å²) in [6.07, 6.45) is 1.44. The van der Waals surface area contributed by atoms with E-state index < -0.39 is 0 Å². The molecule has 0 atom stereocenters. The summed E-state index contributed by atoms with van der Waals surface area (Å²) in [7, 11) is 0. The lowest BCUT2D eigenvalue weighted by molar-refractivity contribution is 0.0996. The predicted molar refractivity (Wildman–Crippen MR) is 92.6 cm³/mol. The minimum atomic E-state index is -0.361. The van der Waals surface area contributed by atoms with E-state index in [0.717, 1.165) is 16.8 Å². The summed E-state index contributed by atoms with van der Waals surface area (Å²) in [5.41, 5.74) is 4.52. The number of amides is 1. The maximum Gasteiger partial charge on any atom is 0.292 e. The highest BCUT2D eigenvalue weighted by Gasteiger charge is 2.10. The molecule has 2 aromatic heterocycles. The highest BCUT2D eigenvalue weighted by molar-refractivity contribution is 6.01. The molecular weight excluding hydrogens is 304 g/mol. The van der Waals surface area contributed by atoms with Crippen LogP contribution in [0.1, 0.15) is 27.2 Å². The maximum absolute atomic E-state index is 11.9. The Hall–Kier alpha value is -3.15. The van der Waals surface area contributed by atoms with Crippen LogP contribution in [-0.4, -0.2) is 16.1 Å². The molecule has 0 aliphatic carbocycles. The summed E-state index contributed by atoms with van der Waals surface area (Å²) in [6.45, 7) is 6.17. The van der Waals surface area contributed by atoms with E-state index in [9.17, 15) is 4.79 Å². The van der Waals surface area contributed by atoms with Crippen LogP contribution in [0.15, 0.2) is 47.1 Å². The molecule has 3 rings (SSSR count). The molecule has 0 unspecified atom stereocenters. The van der Waals surface area contributed by atoms with E-state index in [-0.39, 0.29) is 11.7 Å². The van der Waals surface area contributed by atoms with Gasteiger partial charge < -0.3 is 15.1 Å². The second-order valence-corrected chi connectivity index (χ2v) is 5.63. The Labute approximate surface area is 139 Å². The number of rotatable bonds is 4. The Bertz CT molecular complexity index is 832. The van der Waals surface area contributed by atoms with E-state index >= 15 is 0 Å². The molecule has 3 aromatic rings. The standard InChI is InChI=1S/C18H18N4O2/c1-11-9-12(2)17(13(3)10-11)19-15-6-7-16(22-21-15)20-18(23)14-5-4-8-24-14/h4-10H,1-3H3,(H,19,21)(H,20,22,23). The number of carbonyl (C=O) groups excluding carboxylic acids is 1. The van der Waals surface area contributed by atoms with E-state index in [2.05, 4.69) is 39.9 Å². The van der Waals surface area contributed by atoms with E-state index in [1.807, 2.05) is 13.8 Å². The van der Waals surface area contributed by atoms with Gasteiger partial charge in [0, 0.05) is 5.69 Å². The van der Waals surface area contributed by atoms with Crippen LogP contribution in [0.25, 0.3) is 0 Å². The maximum atomic E-state index is 11.9. The molecule has 1 amide bonds. The number of carbonyl (C=O) groups is 1. The summed E-state index contributed by atoms with van der Waals surface area (Å²) in [6, 6.07) is 10.9. The fraction of sp³-hybridized carbons (Fsp3) is 0.167. The first-order chi connectivity index (χ1) is 11.5. The molecule has 0 aliphatic rings. The molecule has 0 spiro atoms. The molecule has 0 saturated heterocycles. The first kappa shape index (κ1) is 15.7. The second-order valence-electron chi connectivity index (χ2n) is 5.63. The molecule has 1 aromatic carbocycles. The average molecular weight is 322 g/mol. The van der Waals surface area contributed by atoms with Crippen molar-refractivity contribution in [3.8, 4) is 0 Å². The molecule has 2 N–H and O–H groups in total. The molecule has 24 heavy (non-hydrogen) atoms. The summed E-state index contributed by atoms with van der Waals surface area (Å²) in [4.78, 5) is 11.9. The lowest BCUT2D eigenvalue weighted by atomic mass is 10.1. The van der Waals surface area contributed by atoms with Crippen molar-refractivity contribution in [2.75, 3.05) is 10.6 Å². The van der Waals surface area contributed by atoms with Crippen LogP contribution in [0.4, 0.5) is 17.3 Å². The summed E-state index contributed by atoms with van der Waals surface area (Å²) >= 11 is 0. The number of benzene rings is 1. The highest BCUT2D eigenvalue weighted by atomic mass is 16.3. The molecule has 6 nitrogen and oxygen atoms in total. The minimum absolute atomic E-state index is 0.227. The number of hydrogen-bond donors (Lipinski definition) is 2. The summed E-state index contributed by atoms with van der Waals surface area (Å²) in [5.74, 6) is 0.838. The Kier molecular flexibility index (Phi) is 4.29. The summed E-state index contributed by atoms with van der Waals surface area (Å²) < 4.78 is 5.03. The minimum Gasteiger partial charge on any atom is -0.459 e. The third-order valence-corrected chi connectivity index (χ3v) is 3.58. The second kappa shape index (κ2) is 6.54. The molecule has 0 saturated carbocycles. The molecule has 0 fully saturated rings. The van der Waals surface area contributed by atoms with Crippen molar-refractivity contribution < 1.29 is 9.21 Å². The van der Waals surface area contributed by atoms with Crippen molar-refractivity contribution in [2.24, 2.45) is 0 Å². The largest absolute Gasteiger partial charge is 0.459 e. The molecule has 0 radical (unpaired) electrons. The number of furan rings is 1. The van der Waals surface area contributed by atoms with Gasteiger partial charge in [0.25, 0.3) is 5.91 Å². The van der Waals surface area contributed by atoms with Gasteiger partial charge >= 0.3 is 0 Å². The number of aromatic nitrogens is 2. The van der Waals surface area contributed by atoms with Gasteiger partial charge in [-0.05, 0) is 56.2 Å². The molecule has 122 valence electrons. The number of hydrogen-bond acceptors (Lipinski definition) is 5. The Morgan fingerprint density at radius 2 is 1.67 bits per heavy atom. The Morgan fingerprint density at radius 1 is 1.00 bits per heavy atom. The van der Waals surface area contributed by atoms with Crippen LogP contribution < -0.4 is 10.6 Å². The number of anilines is 3. The van der Waals surface area contributed by atoms with Crippen LogP contribution in [0.3, 0.4) is 0 Å². The fourth-order valence-corrected chi connectivity index (χ4v) is 2.56. The third-order valence-electron chi connectivity index (χ3n) is 3.58. The average Bonchev–Trinajstić information content (AvgIpc) is 3.07. The van der Waals surface area contributed by atoms with Gasteiger partial charge in [-0.15, -0.1) is 10.2 Å². The lowest BCUT2D eigenvalue weighted by Gasteiger charge is -2.13. The van der Waals surface area contributed by atoms with E-state index in [1.54, 1.807) is 24.3 Å². The van der Waals surface area contributed by atoms with E-state index in [1.165, 1.54) is 11.8 Å². The first-order valence-electron chi connectivity index (χ1n) is 7.56. The van der Waals surface area contributed by atoms with Gasteiger partial charge in [0.05, 0.1) is 6.26 Å². The smallest absolute Gasteiger partial charge is 0.292 e. The van der Waals surface area contributed by atoms with Crippen molar-refractivity contribution in [3.05, 3.63) is 65.1 Å². The van der Waals surface area contributed by atoms with Gasteiger partial charge in [0.15, 0.2) is 17.4 Å². The van der Waals surface area contributed by atoms with Crippen molar-refractivity contribution >= 4 is 23.2 Å². The lowest BCUT2D eigenvalue weighted by Crippen LogP contribution is -2.12. The molecular formula is C18H18N4O2. The van der Waals surface area contributed by atoms with Crippen molar-refractivity contribution in [2.45, 2.75) is 20.8 Å². The zero-order chi connectivity index (χ0) is 17.1. The normalized spacial score (nSPS) is 10.5. The first-order valence-corrected chi connectivity index (χ1v) is 7.56. The number of nitrogens with one attached hydrogen (secondary N) is 2. The Morgan fingerprint density at radius 3 is 2.25 bits per heavy atom. The summed E-state index contributed by atoms with van der Waals surface area (Å²) in [5, 5.41) is 14.0. The van der Waals surface area contributed by atoms with E-state index in [4.69, 9.17) is 4.42 Å². The van der Waals surface area contributed by atoms with Crippen LogP contribution in [0.2, 0.25) is 0 Å². The molecule has 0 bridgehead atoms. The highest BCUT2D eigenvalue weighted by Crippen LogP contribution is 2.25. The molecule has 0 aliphatic heterocycles. The van der Waals surface area contributed by atoms with Crippen molar-refractivity contribution in [1.82, 2.24) is 10.2 Å². The topological polar surface area (TPSA) is 80.0 Å². The van der Waals surface area contributed by atoms with Gasteiger partial charge in [-0.3, -0.25) is 4.79 Å². The van der Waals surface area contributed by atoms with Gasteiger partial charge in [-0.25, -0.2) is 0 Å². The van der Waals surface area contributed by atoms with Gasteiger partial charge in [-0.2, -0.15) is 0 Å². The van der Waals surface area contributed by atoms with E-state index in [0.29, 0.717) is 11.6 Å². The SMILES string of the molecule is Cc1cc(C)c(Nc2ccc(NC(=O)c3ccco3)nn2)c(C)c1. The monoisotopic (exact) mass is 322 g/mol. The number of nitrogens with zero attached hydrogens (tertiary/aromatic N) is 2. The van der Waals surface area contributed by atoms with Crippen LogP contribution in [-0.2, 0) is 0 Å². The zero-order valence-electron chi connectivity index (χ0n) is 13.8. The van der Waals surface area contributed by atoms with Crippen LogP contribution in [0, 0.1) is 20.8 Å². The van der Waals surface area contributed by atoms with Gasteiger partial charge in [-0.1, -0.05) is 17.7 Å². The third kappa shape index (κ3) is 3.43. The van der Waals surface area contributed by atoms with Gasteiger partial charge in [0.2, 0.25) is 0 Å². The van der Waals surface area contributed by atoms with Crippen molar-refractivity contribution in [1.29, 1.82) is 0 Å².